The second-order valence-electron chi connectivity index (χ2n) is 7.51. The molecule has 0 unspecified atom stereocenters. The van der Waals surface area contributed by atoms with Gasteiger partial charge < -0.3 is 19.8 Å². The summed E-state index contributed by atoms with van der Waals surface area (Å²) in [7, 11) is 1.66. The second kappa shape index (κ2) is 7.84. The first-order chi connectivity index (χ1) is 14.7. The molecule has 0 fully saturated rings. The summed E-state index contributed by atoms with van der Waals surface area (Å²) in [4.78, 5) is 3.62. The first-order valence-corrected chi connectivity index (χ1v) is 10.1. The Bertz CT molecular complexity index is 1180. The van der Waals surface area contributed by atoms with Crippen molar-refractivity contribution < 1.29 is 13.9 Å². The normalized spacial score (nSPS) is 15.7. The van der Waals surface area contributed by atoms with Gasteiger partial charge in [-0.3, -0.25) is 0 Å². The number of benzene rings is 3. The third kappa shape index (κ3) is 3.42. The van der Waals surface area contributed by atoms with Crippen molar-refractivity contribution in [3.8, 4) is 11.5 Å². The van der Waals surface area contributed by atoms with Crippen LogP contribution in [0.25, 0.3) is 10.9 Å². The zero-order chi connectivity index (χ0) is 20.5. The van der Waals surface area contributed by atoms with E-state index in [1.54, 1.807) is 19.2 Å². The summed E-state index contributed by atoms with van der Waals surface area (Å²) in [6, 6.07) is 20.8. The first-order valence-electron chi connectivity index (χ1n) is 10.1. The van der Waals surface area contributed by atoms with Crippen molar-refractivity contribution in [1.29, 1.82) is 0 Å². The number of para-hydroxylation sites is 1. The van der Waals surface area contributed by atoms with Crippen molar-refractivity contribution in [2.45, 2.75) is 19.1 Å². The smallest absolute Gasteiger partial charge is 0.125 e. The van der Waals surface area contributed by atoms with Gasteiger partial charge in [0.1, 0.15) is 23.9 Å². The Kier molecular flexibility index (Phi) is 4.89. The van der Waals surface area contributed by atoms with Gasteiger partial charge in [-0.2, -0.15) is 0 Å². The van der Waals surface area contributed by atoms with Crippen LogP contribution in [0.4, 0.5) is 4.39 Å². The summed E-state index contributed by atoms with van der Waals surface area (Å²) in [6.45, 7) is 1.27. The van der Waals surface area contributed by atoms with Crippen LogP contribution in [-0.4, -0.2) is 18.6 Å². The molecule has 1 aliphatic heterocycles. The van der Waals surface area contributed by atoms with E-state index in [0.717, 1.165) is 29.8 Å². The molecule has 2 N–H and O–H groups in total. The van der Waals surface area contributed by atoms with E-state index in [9.17, 15) is 4.39 Å². The number of aromatic amines is 1. The van der Waals surface area contributed by atoms with Gasteiger partial charge in [-0.1, -0.05) is 24.3 Å². The molecule has 0 saturated heterocycles. The first kappa shape index (κ1) is 18.7. The van der Waals surface area contributed by atoms with Crippen molar-refractivity contribution in [3.05, 3.63) is 94.9 Å². The van der Waals surface area contributed by atoms with Crippen LogP contribution in [0.15, 0.2) is 66.7 Å². The lowest BCUT2D eigenvalue weighted by Crippen LogP contribution is -2.30. The number of rotatable bonds is 5. The molecule has 0 aliphatic carbocycles. The molecule has 0 saturated carbocycles. The Morgan fingerprint density at radius 2 is 1.87 bits per heavy atom. The summed E-state index contributed by atoms with van der Waals surface area (Å²) in [5.74, 6) is 1.12. The zero-order valence-electron chi connectivity index (χ0n) is 16.7. The molecule has 5 rings (SSSR count). The van der Waals surface area contributed by atoms with Gasteiger partial charge in [-0.15, -0.1) is 0 Å². The maximum Gasteiger partial charge on any atom is 0.125 e. The highest BCUT2D eigenvalue weighted by atomic mass is 19.1. The van der Waals surface area contributed by atoms with Crippen molar-refractivity contribution >= 4 is 10.9 Å². The van der Waals surface area contributed by atoms with Crippen LogP contribution in [0, 0.1) is 5.82 Å². The van der Waals surface area contributed by atoms with Gasteiger partial charge in [0.05, 0.1) is 13.2 Å². The van der Waals surface area contributed by atoms with E-state index in [2.05, 4.69) is 46.7 Å². The van der Waals surface area contributed by atoms with Crippen LogP contribution in [-0.2, 0) is 13.0 Å². The molecule has 4 nitrogen and oxygen atoms in total. The van der Waals surface area contributed by atoms with Crippen LogP contribution in [0.3, 0.4) is 0 Å². The molecule has 1 atom stereocenters. The minimum atomic E-state index is -0.278. The van der Waals surface area contributed by atoms with Crippen molar-refractivity contribution in [1.82, 2.24) is 10.3 Å². The van der Waals surface area contributed by atoms with E-state index < -0.39 is 0 Å². The number of ether oxygens (including phenoxy) is 2. The molecule has 5 heteroatoms. The number of methoxy groups -OCH3 is 1. The van der Waals surface area contributed by atoms with Gasteiger partial charge >= 0.3 is 0 Å². The fourth-order valence-corrected chi connectivity index (χ4v) is 4.25. The minimum Gasteiger partial charge on any atom is -0.496 e. The van der Waals surface area contributed by atoms with E-state index in [0.29, 0.717) is 12.4 Å². The van der Waals surface area contributed by atoms with Crippen molar-refractivity contribution in [2.75, 3.05) is 13.7 Å². The fraction of sp³-hybridized carbons (Fsp3) is 0.200. The lowest BCUT2D eigenvalue weighted by atomic mass is 9.93. The molecule has 3 aromatic carbocycles. The standard InChI is InChI=1S/C25H23FN2O2/c1-29-23-11-6-16(14-17(23)15-30-19-9-7-18(26)8-10-19)24-25-21(12-13-27-24)20-4-2-3-5-22(20)28-25/h2-11,14,24,27-28H,12-13,15H2,1H3/t24-/m1/s1. The van der Waals surface area contributed by atoms with Crippen LogP contribution in [0.1, 0.15) is 28.4 Å². The lowest BCUT2D eigenvalue weighted by molar-refractivity contribution is 0.296. The molecule has 0 amide bonds. The highest BCUT2D eigenvalue weighted by Crippen LogP contribution is 2.35. The monoisotopic (exact) mass is 402 g/mol. The van der Waals surface area contributed by atoms with E-state index in [1.807, 2.05) is 6.07 Å². The number of halogens is 1. The maximum atomic E-state index is 13.1. The zero-order valence-corrected chi connectivity index (χ0v) is 16.7. The maximum absolute atomic E-state index is 13.1. The molecule has 0 radical (unpaired) electrons. The van der Waals surface area contributed by atoms with E-state index >= 15 is 0 Å². The number of hydrogen-bond acceptors (Lipinski definition) is 3. The predicted octanol–water partition coefficient (Wildman–Crippen LogP) is 5.13. The highest BCUT2D eigenvalue weighted by molar-refractivity contribution is 5.85. The number of fused-ring (bicyclic) bond motifs is 3. The molecular formula is C25H23FN2O2. The molecule has 152 valence electrons. The molecule has 4 aromatic rings. The van der Waals surface area contributed by atoms with E-state index in [4.69, 9.17) is 9.47 Å². The number of nitrogens with one attached hydrogen (secondary N) is 2. The molecule has 0 spiro atoms. The van der Waals surface area contributed by atoms with Crippen LogP contribution >= 0.6 is 0 Å². The summed E-state index contributed by atoms with van der Waals surface area (Å²) in [6.07, 6.45) is 1.01. The van der Waals surface area contributed by atoms with E-state index in [1.165, 1.54) is 34.3 Å². The second-order valence-corrected chi connectivity index (χ2v) is 7.51. The lowest BCUT2D eigenvalue weighted by Gasteiger charge is -2.25. The minimum absolute atomic E-state index is 0.0802. The molecule has 1 aromatic heterocycles. The number of aromatic nitrogens is 1. The third-order valence-corrected chi connectivity index (χ3v) is 5.70. The quantitative estimate of drug-likeness (QED) is 0.487. The average molecular weight is 402 g/mol. The number of hydrogen-bond donors (Lipinski definition) is 2. The molecule has 1 aliphatic rings. The van der Waals surface area contributed by atoms with Crippen LogP contribution in [0.5, 0.6) is 11.5 Å². The summed E-state index contributed by atoms with van der Waals surface area (Å²) in [5.41, 5.74) is 5.88. The molecule has 30 heavy (non-hydrogen) atoms. The third-order valence-electron chi connectivity index (χ3n) is 5.70. The topological polar surface area (TPSA) is 46.3 Å². The SMILES string of the molecule is COc1ccc([C@H]2NCCc3c2[nH]c2ccccc32)cc1COc1ccc(F)cc1. The highest BCUT2D eigenvalue weighted by Gasteiger charge is 2.25. The van der Waals surface area contributed by atoms with Gasteiger partial charge in [0.15, 0.2) is 0 Å². The van der Waals surface area contributed by atoms with E-state index in [-0.39, 0.29) is 11.9 Å². The average Bonchev–Trinajstić information content (AvgIpc) is 3.17. The van der Waals surface area contributed by atoms with Gasteiger partial charge in [-0.05, 0) is 60.0 Å². The van der Waals surface area contributed by atoms with Gasteiger partial charge in [0, 0.05) is 28.7 Å². The Hall–Kier alpha value is -3.31. The van der Waals surface area contributed by atoms with Gasteiger partial charge in [0.25, 0.3) is 0 Å². The Balaban J connectivity index is 1.47. The predicted molar refractivity (Wildman–Crippen MR) is 116 cm³/mol. The molecular weight excluding hydrogens is 379 g/mol. The molecule has 2 heterocycles. The van der Waals surface area contributed by atoms with Crippen molar-refractivity contribution in [3.63, 3.8) is 0 Å². The van der Waals surface area contributed by atoms with Crippen LogP contribution in [0.2, 0.25) is 0 Å². The molecule has 0 bridgehead atoms. The Morgan fingerprint density at radius 1 is 1.03 bits per heavy atom. The van der Waals surface area contributed by atoms with Crippen LogP contribution < -0.4 is 14.8 Å². The summed E-state index contributed by atoms with van der Waals surface area (Å²) < 4.78 is 24.6. The van der Waals surface area contributed by atoms with Gasteiger partial charge in [0.2, 0.25) is 0 Å². The van der Waals surface area contributed by atoms with Crippen molar-refractivity contribution in [2.24, 2.45) is 0 Å². The Morgan fingerprint density at radius 3 is 2.70 bits per heavy atom. The summed E-state index contributed by atoms with van der Waals surface area (Å²) in [5, 5.41) is 4.94. The fourth-order valence-electron chi connectivity index (χ4n) is 4.25. The summed E-state index contributed by atoms with van der Waals surface area (Å²) >= 11 is 0. The number of H-pyrrole nitrogens is 1. The Labute approximate surface area is 174 Å². The van der Waals surface area contributed by atoms with Gasteiger partial charge in [-0.25, -0.2) is 4.39 Å². The largest absolute Gasteiger partial charge is 0.496 e.